The van der Waals surface area contributed by atoms with Crippen molar-refractivity contribution in [1.82, 2.24) is 4.90 Å². The Morgan fingerprint density at radius 3 is 2.24 bits per heavy atom. The number of carbonyl (C=O) groups excluding carboxylic acids is 2. The number of methoxy groups -OCH3 is 2. The van der Waals surface area contributed by atoms with Crippen LogP contribution in [0, 0.1) is 0 Å². The first-order valence-corrected chi connectivity index (χ1v) is 11.7. The number of benzene rings is 2. The lowest BCUT2D eigenvalue weighted by atomic mass is 9.90. The number of rotatable bonds is 6. The molecular weight excluding hydrogens is 432 g/mol. The largest absolute Gasteiger partial charge is 0.507 e. The number of aliphatic hydroxyl groups excluding tert-OH is 1. The number of hydrogen-bond donors (Lipinski definition) is 1. The van der Waals surface area contributed by atoms with Crippen molar-refractivity contribution >= 4 is 23.1 Å². The van der Waals surface area contributed by atoms with Gasteiger partial charge in [0.1, 0.15) is 17.3 Å². The number of ketones is 1. The Kier molecular flexibility index (Phi) is 6.82. The van der Waals surface area contributed by atoms with Gasteiger partial charge < -0.3 is 24.4 Å². The number of aliphatic hydroxyl groups is 1. The summed E-state index contributed by atoms with van der Waals surface area (Å²) >= 11 is 0. The molecule has 0 aromatic heterocycles. The van der Waals surface area contributed by atoms with Crippen molar-refractivity contribution in [2.24, 2.45) is 0 Å². The van der Waals surface area contributed by atoms with Gasteiger partial charge in [-0.15, -0.1) is 0 Å². The molecule has 2 aromatic carbocycles. The Morgan fingerprint density at radius 1 is 0.971 bits per heavy atom. The van der Waals surface area contributed by atoms with Crippen LogP contribution >= 0.6 is 0 Å². The molecule has 0 spiro atoms. The molecule has 1 N–H and O–H groups in total. The molecule has 1 amide bonds. The first-order chi connectivity index (χ1) is 16.4. The molecule has 1 saturated heterocycles. The topological polar surface area (TPSA) is 79.3 Å². The maximum Gasteiger partial charge on any atom is 0.295 e. The highest BCUT2D eigenvalue weighted by Gasteiger charge is 2.49. The molecule has 1 aliphatic heterocycles. The minimum atomic E-state index is -0.664. The van der Waals surface area contributed by atoms with E-state index >= 15 is 0 Å². The van der Waals surface area contributed by atoms with Gasteiger partial charge in [0.2, 0.25) is 0 Å². The lowest BCUT2D eigenvalue weighted by Crippen LogP contribution is -2.40. The third-order valence-corrected chi connectivity index (χ3v) is 6.84. The molecule has 0 radical (unpaired) electrons. The van der Waals surface area contributed by atoms with E-state index < -0.39 is 17.7 Å². The number of hydrogen-bond acceptors (Lipinski definition) is 6. The second-order valence-corrected chi connectivity index (χ2v) is 9.05. The van der Waals surface area contributed by atoms with E-state index in [0.717, 1.165) is 43.4 Å². The molecule has 0 bridgehead atoms. The lowest BCUT2D eigenvalue weighted by molar-refractivity contribution is -0.141. The van der Waals surface area contributed by atoms with Crippen molar-refractivity contribution in [3.63, 3.8) is 0 Å². The van der Waals surface area contributed by atoms with Crippen molar-refractivity contribution in [3.8, 4) is 11.5 Å². The first kappa shape index (κ1) is 23.7. The summed E-state index contributed by atoms with van der Waals surface area (Å²) in [4.78, 5) is 30.4. The predicted octanol–water partition coefficient (Wildman–Crippen LogP) is 4.52. The van der Waals surface area contributed by atoms with Gasteiger partial charge in [-0.25, -0.2) is 0 Å². The smallest absolute Gasteiger partial charge is 0.295 e. The summed E-state index contributed by atoms with van der Waals surface area (Å²) in [7, 11) is 6.95. The summed E-state index contributed by atoms with van der Waals surface area (Å²) in [5.74, 6) is -0.530. The highest BCUT2D eigenvalue weighted by molar-refractivity contribution is 6.46. The zero-order valence-electron chi connectivity index (χ0n) is 20.2. The van der Waals surface area contributed by atoms with Gasteiger partial charge >= 0.3 is 0 Å². The van der Waals surface area contributed by atoms with Gasteiger partial charge in [-0.1, -0.05) is 31.4 Å². The minimum absolute atomic E-state index is 0.0354. The van der Waals surface area contributed by atoms with E-state index in [0.29, 0.717) is 17.1 Å². The molecule has 1 unspecified atom stereocenters. The summed E-state index contributed by atoms with van der Waals surface area (Å²) in [5, 5.41) is 11.4. The Morgan fingerprint density at radius 2 is 1.65 bits per heavy atom. The van der Waals surface area contributed by atoms with E-state index in [4.69, 9.17) is 9.47 Å². The second-order valence-electron chi connectivity index (χ2n) is 9.05. The van der Waals surface area contributed by atoms with Crippen molar-refractivity contribution in [2.75, 3.05) is 33.2 Å². The van der Waals surface area contributed by atoms with E-state index in [1.807, 2.05) is 43.3 Å². The van der Waals surface area contributed by atoms with Crippen LogP contribution < -0.4 is 14.4 Å². The lowest BCUT2D eigenvalue weighted by Gasteiger charge is -2.35. The number of carbonyl (C=O) groups is 2. The van der Waals surface area contributed by atoms with Crippen molar-refractivity contribution in [3.05, 3.63) is 59.2 Å². The summed E-state index contributed by atoms with van der Waals surface area (Å²) in [6.45, 7) is 0. The van der Waals surface area contributed by atoms with Crippen LogP contribution in [0.3, 0.4) is 0 Å². The SMILES string of the molecule is COc1ccc(/C(O)=C2/C(=O)C(=O)N(C3CCCCC3)C2c2ccc(N(C)C)cc2)c(OC)c1. The molecule has 34 heavy (non-hydrogen) atoms. The van der Waals surface area contributed by atoms with Crippen LogP contribution in [0.1, 0.15) is 49.3 Å². The van der Waals surface area contributed by atoms with Gasteiger partial charge in [0.25, 0.3) is 11.7 Å². The van der Waals surface area contributed by atoms with Crippen LogP contribution in [0.2, 0.25) is 0 Å². The minimum Gasteiger partial charge on any atom is -0.507 e. The first-order valence-electron chi connectivity index (χ1n) is 11.7. The Balaban J connectivity index is 1.88. The molecule has 7 heteroatoms. The van der Waals surface area contributed by atoms with Gasteiger partial charge in [-0.2, -0.15) is 0 Å². The van der Waals surface area contributed by atoms with Crippen LogP contribution in [0.5, 0.6) is 11.5 Å². The number of likely N-dealkylation sites (tertiary alicyclic amines) is 1. The summed E-state index contributed by atoms with van der Waals surface area (Å²) in [5.41, 5.74) is 2.25. The zero-order valence-corrected chi connectivity index (χ0v) is 20.2. The van der Waals surface area contributed by atoms with Gasteiger partial charge in [0.05, 0.1) is 31.4 Å². The fourth-order valence-electron chi connectivity index (χ4n) is 5.01. The summed E-state index contributed by atoms with van der Waals surface area (Å²) < 4.78 is 10.7. The maximum atomic E-state index is 13.4. The second kappa shape index (κ2) is 9.79. The third-order valence-electron chi connectivity index (χ3n) is 6.84. The highest BCUT2D eigenvalue weighted by atomic mass is 16.5. The van der Waals surface area contributed by atoms with Crippen molar-refractivity contribution in [1.29, 1.82) is 0 Å². The average Bonchev–Trinajstić information content (AvgIpc) is 3.14. The van der Waals surface area contributed by atoms with E-state index in [1.54, 1.807) is 30.2 Å². The number of anilines is 1. The molecule has 2 aromatic rings. The highest BCUT2D eigenvalue weighted by Crippen LogP contribution is 2.44. The summed E-state index contributed by atoms with van der Waals surface area (Å²) in [6, 6.07) is 12.1. The maximum absolute atomic E-state index is 13.4. The predicted molar refractivity (Wildman–Crippen MR) is 131 cm³/mol. The fourth-order valence-corrected chi connectivity index (χ4v) is 5.01. The van der Waals surface area contributed by atoms with Gasteiger partial charge in [0.15, 0.2) is 0 Å². The molecule has 1 heterocycles. The van der Waals surface area contributed by atoms with Crippen molar-refractivity contribution in [2.45, 2.75) is 44.2 Å². The summed E-state index contributed by atoms with van der Waals surface area (Å²) in [6.07, 6.45) is 4.88. The molecular formula is C27H32N2O5. The van der Waals surface area contributed by atoms with E-state index in [2.05, 4.69) is 0 Å². The third kappa shape index (κ3) is 4.22. The molecule has 4 rings (SSSR count). The van der Waals surface area contributed by atoms with Crippen LogP contribution in [0.25, 0.3) is 5.76 Å². The van der Waals surface area contributed by atoms with Crippen LogP contribution in [0.4, 0.5) is 5.69 Å². The average molecular weight is 465 g/mol. The van der Waals surface area contributed by atoms with E-state index in [-0.39, 0.29) is 17.4 Å². The van der Waals surface area contributed by atoms with Crippen LogP contribution in [-0.2, 0) is 9.59 Å². The molecule has 7 nitrogen and oxygen atoms in total. The molecule has 2 fully saturated rings. The van der Waals surface area contributed by atoms with Gasteiger partial charge in [-0.05, 0) is 42.7 Å². The Bertz CT molecular complexity index is 1100. The Hall–Kier alpha value is -3.48. The van der Waals surface area contributed by atoms with Crippen LogP contribution in [-0.4, -0.2) is 56.1 Å². The zero-order chi connectivity index (χ0) is 24.4. The fraction of sp³-hybridized carbons (Fsp3) is 0.407. The number of ether oxygens (including phenoxy) is 2. The van der Waals surface area contributed by atoms with Crippen LogP contribution in [0.15, 0.2) is 48.0 Å². The number of Topliss-reactive ketones (excluding diaryl/α,β-unsaturated/α-hetero) is 1. The van der Waals surface area contributed by atoms with Gasteiger partial charge in [0, 0.05) is 31.9 Å². The quantitative estimate of drug-likeness (QED) is 0.385. The molecule has 1 atom stereocenters. The number of amides is 1. The standard InChI is InChI=1S/C27H32N2O5/c1-28(2)18-12-10-17(11-13-18)24-23(25(30)21-15-14-20(33-3)16-22(21)34-4)26(31)27(32)29(24)19-8-6-5-7-9-19/h10-16,19,24,30H,5-9H2,1-4H3/b25-23-. The van der Waals surface area contributed by atoms with Gasteiger partial charge in [-0.3, -0.25) is 9.59 Å². The van der Waals surface area contributed by atoms with Crippen molar-refractivity contribution < 1.29 is 24.2 Å². The molecule has 1 aliphatic carbocycles. The molecule has 1 saturated carbocycles. The Labute approximate surface area is 200 Å². The van der Waals surface area contributed by atoms with E-state index in [1.165, 1.54) is 7.11 Å². The monoisotopic (exact) mass is 464 g/mol. The van der Waals surface area contributed by atoms with E-state index in [9.17, 15) is 14.7 Å². The molecule has 2 aliphatic rings. The number of nitrogens with zero attached hydrogens (tertiary/aromatic N) is 2. The molecule has 180 valence electrons. The normalized spacial score (nSPS) is 20.5.